The molecule has 2 N–H and O–H groups in total. The fourth-order valence-electron chi connectivity index (χ4n) is 1.47. The molecule has 4 nitrogen and oxygen atoms in total. The van der Waals surface area contributed by atoms with Crippen LogP contribution in [0.1, 0.15) is 12.8 Å². The van der Waals surface area contributed by atoms with Gasteiger partial charge in [0.2, 0.25) is 5.91 Å². The molecule has 64 valence electrons. The second kappa shape index (κ2) is 3.69. The van der Waals surface area contributed by atoms with E-state index in [1.54, 1.807) is 7.11 Å². The van der Waals surface area contributed by atoms with Crippen LogP contribution in [0.15, 0.2) is 0 Å². The fraction of sp³-hybridized carbons (Fsp3) is 0.857. The van der Waals surface area contributed by atoms with E-state index in [4.69, 9.17) is 10.5 Å². The van der Waals surface area contributed by atoms with E-state index in [1.165, 1.54) is 0 Å². The molecule has 1 rings (SSSR count). The number of nitrogens with two attached hydrogens (primary N) is 1. The Morgan fingerprint density at radius 3 is 3.09 bits per heavy atom. The Labute approximate surface area is 66.3 Å². The summed E-state index contributed by atoms with van der Waals surface area (Å²) in [7, 11) is 1.62. The maximum atomic E-state index is 10.8. The van der Waals surface area contributed by atoms with Crippen molar-refractivity contribution in [2.24, 2.45) is 5.73 Å². The summed E-state index contributed by atoms with van der Waals surface area (Å²) in [5.74, 6) is -0.237. The molecule has 4 heteroatoms. The van der Waals surface area contributed by atoms with Crippen LogP contribution in [-0.2, 0) is 9.53 Å². The third kappa shape index (κ3) is 1.91. The van der Waals surface area contributed by atoms with Crippen LogP contribution < -0.4 is 5.73 Å². The lowest BCUT2D eigenvalue weighted by Gasteiger charge is -2.19. The minimum Gasteiger partial charge on any atom is -0.369 e. The number of likely N-dealkylation sites (tertiary alicyclic amines) is 1. The number of methoxy groups -OCH3 is 1. The molecule has 1 atom stereocenters. The van der Waals surface area contributed by atoms with Crippen LogP contribution in [0.2, 0.25) is 0 Å². The second-order valence-corrected chi connectivity index (χ2v) is 2.79. The summed E-state index contributed by atoms with van der Waals surface area (Å²) in [5.41, 5.74) is 5.18. The summed E-state index contributed by atoms with van der Waals surface area (Å²) in [6.45, 7) is 1.43. The molecule has 1 fully saturated rings. The lowest BCUT2D eigenvalue weighted by Crippen LogP contribution is -2.41. The number of ether oxygens (including phenoxy) is 1. The molecular formula is C7H14N2O2. The minimum absolute atomic E-state index is 0.102. The van der Waals surface area contributed by atoms with Crippen molar-refractivity contribution in [1.82, 2.24) is 4.90 Å². The van der Waals surface area contributed by atoms with Gasteiger partial charge in [0, 0.05) is 13.7 Å². The first-order chi connectivity index (χ1) is 5.25. The quantitative estimate of drug-likeness (QED) is 0.604. The molecule has 0 radical (unpaired) electrons. The topological polar surface area (TPSA) is 55.6 Å². The molecule has 0 saturated carbocycles. The molecule has 0 bridgehead atoms. The molecule has 0 aliphatic carbocycles. The minimum atomic E-state index is -0.237. The number of carbonyl (C=O) groups is 1. The molecule has 0 unspecified atom stereocenters. The summed E-state index contributed by atoms with van der Waals surface area (Å²) in [6, 6.07) is -0.102. The van der Waals surface area contributed by atoms with Gasteiger partial charge in [0.1, 0.15) is 0 Å². The molecule has 0 aromatic heterocycles. The third-order valence-corrected chi connectivity index (χ3v) is 1.99. The van der Waals surface area contributed by atoms with E-state index in [0.717, 1.165) is 19.4 Å². The SMILES string of the molecule is COCN1CCC[C@H]1C(N)=O. The van der Waals surface area contributed by atoms with Crippen molar-refractivity contribution in [2.45, 2.75) is 18.9 Å². The van der Waals surface area contributed by atoms with Crippen molar-refractivity contribution in [2.75, 3.05) is 20.4 Å². The van der Waals surface area contributed by atoms with Gasteiger partial charge in [-0.05, 0) is 12.8 Å². The van der Waals surface area contributed by atoms with Crippen molar-refractivity contribution in [1.29, 1.82) is 0 Å². The van der Waals surface area contributed by atoms with Gasteiger partial charge in [-0.3, -0.25) is 9.69 Å². The number of amides is 1. The van der Waals surface area contributed by atoms with Crippen LogP contribution in [0, 0.1) is 0 Å². The van der Waals surface area contributed by atoms with Crippen LogP contribution in [0.3, 0.4) is 0 Å². The second-order valence-electron chi connectivity index (χ2n) is 2.79. The number of rotatable bonds is 3. The Kier molecular flexibility index (Phi) is 2.84. The average molecular weight is 158 g/mol. The number of hydrogen-bond donors (Lipinski definition) is 1. The van der Waals surface area contributed by atoms with Gasteiger partial charge in [-0.25, -0.2) is 0 Å². The lowest BCUT2D eigenvalue weighted by atomic mass is 10.2. The molecule has 1 aliphatic heterocycles. The zero-order chi connectivity index (χ0) is 8.27. The Balaban J connectivity index is 2.44. The van der Waals surface area contributed by atoms with Gasteiger partial charge in [0.15, 0.2) is 0 Å². The smallest absolute Gasteiger partial charge is 0.234 e. The summed E-state index contributed by atoms with van der Waals surface area (Å²) >= 11 is 0. The van der Waals surface area contributed by atoms with Crippen LogP contribution in [0.5, 0.6) is 0 Å². The van der Waals surface area contributed by atoms with Gasteiger partial charge in [0.05, 0.1) is 12.8 Å². The zero-order valence-electron chi connectivity index (χ0n) is 6.75. The van der Waals surface area contributed by atoms with Crippen molar-refractivity contribution >= 4 is 5.91 Å². The average Bonchev–Trinajstić information content (AvgIpc) is 2.36. The van der Waals surface area contributed by atoms with Gasteiger partial charge >= 0.3 is 0 Å². The summed E-state index contributed by atoms with van der Waals surface area (Å²) in [4.78, 5) is 12.8. The van der Waals surface area contributed by atoms with E-state index in [0.29, 0.717) is 6.73 Å². The number of hydrogen-bond acceptors (Lipinski definition) is 3. The Bertz CT molecular complexity index is 149. The van der Waals surface area contributed by atoms with Crippen molar-refractivity contribution in [3.63, 3.8) is 0 Å². The highest BCUT2D eigenvalue weighted by Crippen LogP contribution is 2.15. The molecule has 0 aromatic rings. The van der Waals surface area contributed by atoms with Crippen molar-refractivity contribution < 1.29 is 9.53 Å². The van der Waals surface area contributed by atoms with Crippen molar-refractivity contribution in [3.8, 4) is 0 Å². The van der Waals surface area contributed by atoms with E-state index < -0.39 is 0 Å². The van der Waals surface area contributed by atoms with E-state index in [1.807, 2.05) is 4.90 Å². The first-order valence-electron chi connectivity index (χ1n) is 3.78. The van der Waals surface area contributed by atoms with E-state index in [-0.39, 0.29) is 11.9 Å². The highest BCUT2D eigenvalue weighted by molar-refractivity contribution is 5.80. The largest absolute Gasteiger partial charge is 0.369 e. The normalized spacial score (nSPS) is 25.7. The number of carbonyl (C=O) groups excluding carboxylic acids is 1. The van der Waals surface area contributed by atoms with E-state index >= 15 is 0 Å². The van der Waals surface area contributed by atoms with Crippen LogP contribution in [0.4, 0.5) is 0 Å². The van der Waals surface area contributed by atoms with Gasteiger partial charge < -0.3 is 10.5 Å². The van der Waals surface area contributed by atoms with Gasteiger partial charge in [-0.1, -0.05) is 0 Å². The predicted octanol–water partition coefficient (Wildman–Crippen LogP) is -0.460. The molecule has 1 saturated heterocycles. The highest BCUT2D eigenvalue weighted by Gasteiger charge is 2.28. The Morgan fingerprint density at radius 1 is 1.82 bits per heavy atom. The number of nitrogens with zero attached hydrogens (tertiary/aromatic N) is 1. The van der Waals surface area contributed by atoms with Crippen LogP contribution in [0.25, 0.3) is 0 Å². The maximum Gasteiger partial charge on any atom is 0.234 e. The fourth-order valence-corrected chi connectivity index (χ4v) is 1.47. The van der Waals surface area contributed by atoms with Crippen molar-refractivity contribution in [3.05, 3.63) is 0 Å². The molecule has 11 heavy (non-hydrogen) atoms. The predicted molar refractivity (Wildman–Crippen MR) is 40.8 cm³/mol. The summed E-state index contributed by atoms with van der Waals surface area (Å²) in [6.07, 6.45) is 1.91. The molecule has 0 aromatic carbocycles. The summed E-state index contributed by atoms with van der Waals surface area (Å²) < 4.78 is 4.92. The van der Waals surface area contributed by atoms with E-state index in [2.05, 4.69) is 0 Å². The van der Waals surface area contributed by atoms with Gasteiger partial charge in [-0.15, -0.1) is 0 Å². The lowest BCUT2D eigenvalue weighted by molar-refractivity contribution is -0.123. The molecular weight excluding hydrogens is 144 g/mol. The zero-order valence-corrected chi connectivity index (χ0v) is 6.75. The van der Waals surface area contributed by atoms with E-state index in [9.17, 15) is 4.79 Å². The van der Waals surface area contributed by atoms with Gasteiger partial charge in [-0.2, -0.15) is 0 Å². The third-order valence-electron chi connectivity index (χ3n) is 1.99. The first-order valence-corrected chi connectivity index (χ1v) is 3.78. The molecule has 1 amide bonds. The van der Waals surface area contributed by atoms with Crippen LogP contribution >= 0.6 is 0 Å². The molecule has 1 heterocycles. The Morgan fingerprint density at radius 2 is 2.55 bits per heavy atom. The Hall–Kier alpha value is -0.610. The molecule has 0 spiro atoms. The van der Waals surface area contributed by atoms with Gasteiger partial charge in [0.25, 0.3) is 0 Å². The summed E-state index contributed by atoms with van der Waals surface area (Å²) in [5, 5.41) is 0. The highest BCUT2D eigenvalue weighted by atomic mass is 16.5. The van der Waals surface area contributed by atoms with Crippen LogP contribution in [-0.4, -0.2) is 37.2 Å². The standard InChI is InChI=1S/C7H14N2O2/c1-11-5-9-4-2-3-6(9)7(8)10/h6H,2-5H2,1H3,(H2,8,10)/t6-/m0/s1. The first kappa shape index (κ1) is 8.49. The maximum absolute atomic E-state index is 10.8. The number of primary amides is 1. The molecule has 1 aliphatic rings. The monoisotopic (exact) mass is 158 g/mol.